The molecule has 116 valence electrons. The fraction of sp³-hybridized carbons (Fsp3) is 0. The number of benzene rings is 1. The smallest absolute Gasteiger partial charge is 0.258 e. The van der Waals surface area contributed by atoms with Crippen molar-refractivity contribution in [3.8, 4) is 22.8 Å². The lowest BCUT2D eigenvalue weighted by atomic mass is 10.1. The number of rotatable bonds is 3. The molecule has 3 aromatic heterocycles. The third-order valence-electron chi connectivity index (χ3n) is 3.53. The van der Waals surface area contributed by atoms with E-state index >= 15 is 0 Å². The number of nitrogens with zero attached hydrogens (tertiary/aromatic N) is 6. The number of aromatic nitrogens is 5. The predicted octanol–water partition coefficient (Wildman–Crippen LogP) is 2.76. The molecule has 24 heavy (non-hydrogen) atoms. The highest BCUT2D eigenvalue weighted by molar-refractivity contribution is 5.63. The van der Waals surface area contributed by atoms with Crippen LogP contribution < -0.4 is 0 Å². The number of hydrogen-bond acceptors (Lipinski definition) is 6. The quantitative estimate of drug-likeness (QED) is 0.425. The average Bonchev–Trinajstić information content (AvgIpc) is 3.05. The van der Waals surface area contributed by atoms with Gasteiger partial charge in [-0.2, -0.15) is 9.61 Å². The Morgan fingerprint density at radius 1 is 0.917 bits per heavy atom. The molecule has 0 fully saturated rings. The number of pyridine rings is 1. The number of non-ortho nitro benzene ring substituents is 1. The van der Waals surface area contributed by atoms with Gasteiger partial charge in [-0.05, 0) is 36.4 Å². The molecule has 8 heteroatoms. The highest BCUT2D eigenvalue weighted by Gasteiger charge is 2.12. The second-order valence-corrected chi connectivity index (χ2v) is 5.03. The molecule has 0 radical (unpaired) electrons. The first-order valence-electron chi connectivity index (χ1n) is 7.11. The van der Waals surface area contributed by atoms with Crippen molar-refractivity contribution < 1.29 is 4.92 Å². The second kappa shape index (κ2) is 5.51. The highest BCUT2D eigenvalue weighted by atomic mass is 16.6. The molecule has 4 rings (SSSR count). The molecule has 0 aliphatic carbocycles. The van der Waals surface area contributed by atoms with E-state index in [9.17, 15) is 10.1 Å². The minimum Gasteiger partial charge on any atom is -0.258 e. The Hall–Kier alpha value is -3.68. The normalized spacial score (nSPS) is 10.8. The van der Waals surface area contributed by atoms with Crippen molar-refractivity contribution in [2.45, 2.75) is 0 Å². The molecule has 0 N–H and O–H groups in total. The summed E-state index contributed by atoms with van der Waals surface area (Å²) in [6.07, 6.45) is 1.68. The van der Waals surface area contributed by atoms with E-state index in [1.807, 2.05) is 18.2 Å². The van der Waals surface area contributed by atoms with Gasteiger partial charge in [-0.15, -0.1) is 10.2 Å². The molecule has 0 unspecified atom stereocenters. The maximum atomic E-state index is 10.8. The molecular weight excluding hydrogens is 308 g/mol. The number of fused-ring (bicyclic) bond motifs is 1. The van der Waals surface area contributed by atoms with E-state index in [0.29, 0.717) is 22.9 Å². The van der Waals surface area contributed by atoms with Crippen LogP contribution in [0.4, 0.5) is 5.69 Å². The molecule has 0 spiro atoms. The maximum Gasteiger partial charge on any atom is 0.269 e. The number of nitro benzene ring substituents is 1. The predicted molar refractivity (Wildman–Crippen MR) is 86.1 cm³/mol. The standard InChI is InChI=1S/C16H10N6O2/c23-22(24)12-6-4-11(5-7-12)13-8-9-15-18-19-16(21(15)20-13)14-3-1-2-10-17-14/h1-10H. The Kier molecular flexibility index (Phi) is 3.20. The molecule has 3 heterocycles. The van der Waals surface area contributed by atoms with Gasteiger partial charge in [0.2, 0.25) is 5.82 Å². The van der Waals surface area contributed by atoms with E-state index < -0.39 is 4.92 Å². The van der Waals surface area contributed by atoms with Crippen LogP contribution in [0.1, 0.15) is 0 Å². The van der Waals surface area contributed by atoms with Gasteiger partial charge in [0.05, 0.1) is 10.6 Å². The molecule has 0 amide bonds. The van der Waals surface area contributed by atoms with Gasteiger partial charge >= 0.3 is 0 Å². The van der Waals surface area contributed by atoms with Crippen LogP contribution in [-0.4, -0.2) is 29.7 Å². The first-order valence-corrected chi connectivity index (χ1v) is 7.11. The minimum absolute atomic E-state index is 0.0401. The van der Waals surface area contributed by atoms with Crippen LogP contribution in [0.3, 0.4) is 0 Å². The zero-order valence-electron chi connectivity index (χ0n) is 12.3. The first-order chi connectivity index (χ1) is 11.7. The van der Waals surface area contributed by atoms with E-state index in [1.165, 1.54) is 12.1 Å². The van der Waals surface area contributed by atoms with Crippen LogP contribution in [0.15, 0.2) is 60.8 Å². The van der Waals surface area contributed by atoms with Crippen molar-refractivity contribution >= 4 is 11.3 Å². The summed E-state index contributed by atoms with van der Waals surface area (Å²) in [7, 11) is 0. The van der Waals surface area contributed by atoms with Crippen LogP contribution >= 0.6 is 0 Å². The summed E-state index contributed by atoms with van der Waals surface area (Å²) in [6, 6.07) is 15.3. The molecule has 0 bridgehead atoms. The Morgan fingerprint density at radius 3 is 2.46 bits per heavy atom. The van der Waals surface area contributed by atoms with Crippen LogP contribution in [0.25, 0.3) is 28.4 Å². The molecule has 8 nitrogen and oxygen atoms in total. The van der Waals surface area contributed by atoms with Gasteiger partial charge < -0.3 is 0 Å². The molecule has 4 aromatic rings. The van der Waals surface area contributed by atoms with E-state index in [4.69, 9.17) is 0 Å². The zero-order chi connectivity index (χ0) is 16.5. The van der Waals surface area contributed by atoms with Crippen molar-refractivity contribution in [2.24, 2.45) is 0 Å². The van der Waals surface area contributed by atoms with Crippen molar-refractivity contribution in [2.75, 3.05) is 0 Å². The summed E-state index contributed by atoms with van der Waals surface area (Å²) in [5.41, 5.74) is 2.73. The largest absolute Gasteiger partial charge is 0.269 e. The van der Waals surface area contributed by atoms with E-state index in [-0.39, 0.29) is 5.69 Å². The summed E-state index contributed by atoms with van der Waals surface area (Å²) in [6.45, 7) is 0. The topological polar surface area (TPSA) is 99.1 Å². The monoisotopic (exact) mass is 318 g/mol. The van der Waals surface area contributed by atoms with Gasteiger partial charge in [0.15, 0.2) is 5.65 Å². The second-order valence-electron chi connectivity index (χ2n) is 5.03. The fourth-order valence-corrected chi connectivity index (χ4v) is 2.35. The van der Waals surface area contributed by atoms with Crippen LogP contribution in [-0.2, 0) is 0 Å². The van der Waals surface area contributed by atoms with Crippen molar-refractivity contribution in [1.82, 2.24) is 24.8 Å². The summed E-state index contributed by atoms with van der Waals surface area (Å²) in [5, 5.41) is 23.5. The Balaban J connectivity index is 1.81. The third-order valence-corrected chi connectivity index (χ3v) is 3.53. The fourth-order valence-electron chi connectivity index (χ4n) is 2.35. The van der Waals surface area contributed by atoms with E-state index in [0.717, 1.165) is 5.56 Å². The SMILES string of the molecule is O=[N+]([O-])c1ccc(-c2ccc3nnc(-c4ccccn4)n3n2)cc1. The van der Waals surface area contributed by atoms with Gasteiger partial charge in [-0.25, -0.2) is 0 Å². The summed E-state index contributed by atoms with van der Waals surface area (Å²) in [5.74, 6) is 0.536. The zero-order valence-corrected chi connectivity index (χ0v) is 12.3. The van der Waals surface area contributed by atoms with Gasteiger partial charge in [0.1, 0.15) is 5.69 Å². The van der Waals surface area contributed by atoms with Crippen LogP contribution in [0.2, 0.25) is 0 Å². The minimum atomic E-state index is -0.431. The van der Waals surface area contributed by atoms with E-state index in [2.05, 4.69) is 20.3 Å². The molecule has 0 atom stereocenters. The van der Waals surface area contributed by atoms with Crippen LogP contribution in [0, 0.1) is 10.1 Å². The van der Waals surface area contributed by atoms with Gasteiger partial charge in [0, 0.05) is 23.9 Å². The third kappa shape index (κ3) is 2.35. The maximum absolute atomic E-state index is 10.8. The molecular formula is C16H10N6O2. The lowest BCUT2D eigenvalue weighted by molar-refractivity contribution is -0.384. The highest BCUT2D eigenvalue weighted by Crippen LogP contribution is 2.22. The molecule has 0 aliphatic heterocycles. The van der Waals surface area contributed by atoms with Gasteiger partial charge in [-0.3, -0.25) is 15.1 Å². The Bertz CT molecular complexity index is 1030. The summed E-state index contributed by atoms with van der Waals surface area (Å²) >= 11 is 0. The van der Waals surface area contributed by atoms with Crippen molar-refractivity contribution in [3.05, 3.63) is 70.9 Å². The van der Waals surface area contributed by atoms with E-state index in [1.54, 1.807) is 35.0 Å². The lowest BCUT2D eigenvalue weighted by Crippen LogP contribution is -1.98. The number of hydrogen-bond donors (Lipinski definition) is 0. The van der Waals surface area contributed by atoms with Crippen molar-refractivity contribution in [3.63, 3.8) is 0 Å². The summed E-state index contributed by atoms with van der Waals surface area (Å²) < 4.78 is 1.61. The molecule has 0 saturated carbocycles. The number of nitro groups is 1. The summed E-state index contributed by atoms with van der Waals surface area (Å²) in [4.78, 5) is 14.6. The first kappa shape index (κ1) is 13.9. The van der Waals surface area contributed by atoms with Gasteiger partial charge in [0.25, 0.3) is 5.69 Å². The Labute approximate surface area is 135 Å². The van der Waals surface area contributed by atoms with Crippen LogP contribution in [0.5, 0.6) is 0 Å². The molecule has 0 aliphatic rings. The molecule has 0 saturated heterocycles. The average molecular weight is 318 g/mol. The molecule has 1 aromatic carbocycles. The van der Waals surface area contributed by atoms with Crippen molar-refractivity contribution in [1.29, 1.82) is 0 Å². The Morgan fingerprint density at radius 2 is 1.75 bits per heavy atom. The van der Waals surface area contributed by atoms with Gasteiger partial charge in [-0.1, -0.05) is 6.07 Å². The lowest BCUT2D eigenvalue weighted by Gasteiger charge is -2.03.